The minimum Gasteiger partial charge on any atom is -0.353 e. The summed E-state index contributed by atoms with van der Waals surface area (Å²) in [5.41, 5.74) is 0. The zero-order valence-electron chi connectivity index (χ0n) is 10.4. The molecule has 0 aromatic rings. The average Bonchev–Trinajstić information content (AvgIpc) is 2.34. The highest BCUT2D eigenvalue weighted by Gasteiger charge is 2.18. The standard InChI is InChI=1S/C12H21N3O2/c1-3-11(16)13-6-4-5-12(17)15-9-7-14(2)8-10-15/h3H,1,4-10H2,2H3,(H,13,16). The number of carbonyl (C=O) groups is 2. The molecule has 1 heterocycles. The lowest BCUT2D eigenvalue weighted by Crippen LogP contribution is -2.47. The maximum Gasteiger partial charge on any atom is 0.243 e. The third-order valence-corrected chi connectivity index (χ3v) is 2.91. The van der Waals surface area contributed by atoms with Gasteiger partial charge in [0.25, 0.3) is 0 Å². The van der Waals surface area contributed by atoms with Crippen LogP contribution in [0.1, 0.15) is 12.8 Å². The van der Waals surface area contributed by atoms with Crippen LogP contribution >= 0.6 is 0 Å². The van der Waals surface area contributed by atoms with Crippen molar-refractivity contribution in [3.05, 3.63) is 12.7 Å². The lowest BCUT2D eigenvalue weighted by Gasteiger charge is -2.32. The zero-order chi connectivity index (χ0) is 12.7. The largest absolute Gasteiger partial charge is 0.353 e. The summed E-state index contributed by atoms with van der Waals surface area (Å²) >= 11 is 0. The summed E-state index contributed by atoms with van der Waals surface area (Å²) in [4.78, 5) is 26.8. The van der Waals surface area contributed by atoms with Crippen molar-refractivity contribution in [1.82, 2.24) is 15.1 Å². The van der Waals surface area contributed by atoms with E-state index in [-0.39, 0.29) is 11.8 Å². The van der Waals surface area contributed by atoms with Crippen LogP contribution in [0.25, 0.3) is 0 Å². The second kappa shape index (κ2) is 7.06. The van der Waals surface area contributed by atoms with Crippen LogP contribution in [-0.4, -0.2) is 61.4 Å². The van der Waals surface area contributed by atoms with E-state index in [1.807, 2.05) is 4.90 Å². The van der Waals surface area contributed by atoms with E-state index in [2.05, 4.69) is 23.8 Å². The van der Waals surface area contributed by atoms with E-state index in [1.165, 1.54) is 6.08 Å². The van der Waals surface area contributed by atoms with Crippen molar-refractivity contribution in [3.63, 3.8) is 0 Å². The van der Waals surface area contributed by atoms with Crippen molar-refractivity contribution in [2.45, 2.75) is 12.8 Å². The highest BCUT2D eigenvalue weighted by atomic mass is 16.2. The molecule has 17 heavy (non-hydrogen) atoms. The van der Waals surface area contributed by atoms with Gasteiger partial charge in [0.2, 0.25) is 11.8 Å². The smallest absolute Gasteiger partial charge is 0.243 e. The highest BCUT2D eigenvalue weighted by Crippen LogP contribution is 2.03. The molecule has 0 aromatic carbocycles. The van der Waals surface area contributed by atoms with Crippen molar-refractivity contribution in [2.24, 2.45) is 0 Å². The Morgan fingerprint density at radius 3 is 2.53 bits per heavy atom. The first-order valence-electron chi connectivity index (χ1n) is 6.00. The normalized spacial score (nSPS) is 16.6. The summed E-state index contributed by atoms with van der Waals surface area (Å²) in [6, 6.07) is 0. The average molecular weight is 239 g/mol. The van der Waals surface area contributed by atoms with Gasteiger partial charge in [0.05, 0.1) is 0 Å². The maximum absolute atomic E-state index is 11.8. The molecule has 0 bridgehead atoms. The molecule has 0 aliphatic carbocycles. The van der Waals surface area contributed by atoms with Gasteiger partial charge in [-0.2, -0.15) is 0 Å². The van der Waals surface area contributed by atoms with Crippen molar-refractivity contribution in [1.29, 1.82) is 0 Å². The number of amides is 2. The SMILES string of the molecule is C=CC(=O)NCCCC(=O)N1CCN(C)CC1. The molecule has 0 unspecified atom stereocenters. The van der Waals surface area contributed by atoms with Gasteiger partial charge in [-0.25, -0.2) is 0 Å². The summed E-state index contributed by atoms with van der Waals surface area (Å²) < 4.78 is 0. The number of rotatable bonds is 5. The van der Waals surface area contributed by atoms with E-state index in [1.54, 1.807) is 0 Å². The minimum absolute atomic E-state index is 0.183. The second-order valence-corrected chi connectivity index (χ2v) is 4.28. The zero-order valence-corrected chi connectivity index (χ0v) is 10.4. The molecular weight excluding hydrogens is 218 g/mol. The topological polar surface area (TPSA) is 52.7 Å². The van der Waals surface area contributed by atoms with Crippen LogP contribution in [0.5, 0.6) is 0 Å². The summed E-state index contributed by atoms with van der Waals surface area (Å²) in [7, 11) is 2.06. The van der Waals surface area contributed by atoms with Gasteiger partial charge in [0, 0.05) is 39.1 Å². The van der Waals surface area contributed by atoms with Gasteiger partial charge in [0.1, 0.15) is 0 Å². The molecule has 0 atom stereocenters. The Balaban J connectivity index is 2.12. The third kappa shape index (κ3) is 4.99. The lowest BCUT2D eigenvalue weighted by atomic mass is 10.2. The first kappa shape index (κ1) is 13.7. The molecule has 5 nitrogen and oxygen atoms in total. The van der Waals surface area contributed by atoms with Crippen molar-refractivity contribution < 1.29 is 9.59 Å². The van der Waals surface area contributed by atoms with Crippen molar-refractivity contribution in [3.8, 4) is 0 Å². The maximum atomic E-state index is 11.8. The van der Waals surface area contributed by atoms with Gasteiger partial charge in [0.15, 0.2) is 0 Å². The fourth-order valence-electron chi connectivity index (χ4n) is 1.74. The van der Waals surface area contributed by atoms with Crippen LogP contribution in [0, 0.1) is 0 Å². The Labute approximate surface area is 102 Å². The fraction of sp³-hybridized carbons (Fsp3) is 0.667. The first-order valence-corrected chi connectivity index (χ1v) is 6.00. The molecule has 0 spiro atoms. The number of carbonyl (C=O) groups excluding carboxylic acids is 2. The second-order valence-electron chi connectivity index (χ2n) is 4.28. The van der Waals surface area contributed by atoms with Crippen LogP contribution in [0.3, 0.4) is 0 Å². The Hall–Kier alpha value is -1.36. The Morgan fingerprint density at radius 1 is 1.29 bits per heavy atom. The van der Waals surface area contributed by atoms with E-state index in [0.29, 0.717) is 19.4 Å². The van der Waals surface area contributed by atoms with E-state index in [4.69, 9.17) is 0 Å². The summed E-state index contributed by atoms with van der Waals surface area (Å²) in [5, 5.41) is 2.66. The molecule has 0 saturated carbocycles. The summed E-state index contributed by atoms with van der Waals surface area (Å²) in [6.45, 7) is 7.41. The number of nitrogens with zero attached hydrogens (tertiary/aromatic N) is 2. The molecule has 0 radical (unpaired) electrons. The molecule has 1 saturated heterocycles. The molecule has 2 amide bonds. The minimum atomic E-state index is -0.183. The summed E-state index contributed by atoms with van der Waals surface area (Å²) in [6.07, 6.45) is 2.42. The summed E-state index contributed by atoms with van der Waals surface area (Å²) in [5.74, 6) is 0.00278. The van der Waals surface area contributed by atoms with Crippen LogP contribution in [0.15, 0.2) is 12.7 Å². The first-order chi connectivity index (χ1) is 8.13. The molecule has 1 aliphatic rings. The molecule has 1 aliphatic heterocycles. The molecule has 1 fully saturated rings. The monoisotopic (exact) mass is 239 g/mol. The predicted octanol–water partition coefficient (Wildman–Crippen LogP) is -0.157. The van der Waals surface area contributed by atoms with Gasteiger partial charge < -0.3 is 15.1 Å². The van der Waals surface area contributed by atoms with E-state index in [9.17, 15) is 9.59 Å². The van der Waals surface area contributed by atoms with E-state index in [0.717, 1.165) is 26.2 Å². The Bertz CT molecular complexity index is 283. The lowest BCUT2D eigenvalue weighted by molar-refractivity contribution is -0.133. The van der Waals surface area contributed by atoms with Crippen LogP contribution in [0.2, 0.25) is 0 Å². The Kier molecular flexibility index (Phi) is 5.69. The highest BCUT2D eigenvalue weighted by molar-refractivity contribution is 5.86. The van der Waals surface area contributed by atoms with Crippen LogP contribution in [0.4, 0.5) is 0 Å². The van der Waals surface area contributed by atoms with E-state index >= 15 is 0 Å². The predicted molar refractivity (Wildman–Crippen MR) is 66.5 cm³/mol. The number of likely N-dealkylation sites (N-methyl/N-ethyl adjacent to an activating group) is 1. The van der Waals surface area contributed by atoms with Gasteiger partial charge >= 0.3 is 0 Å². The third-order valence-electron chi connectivity index (χ3n) is 2.91. The molecular formula is C12H21N3O2. The Morgan fingerprint density at radius 2 is 1.94 bits per heavy atom. The van der Waals surface area contributed by atoms with Crippen molar-refractivity contribution >= 4 is 11.8 Å². The number of piperazine rings is 1. The van der Waals surface area contributed by atoms with Crippen LogP contribution < -0.4 is 5.32 Å². The van der Waals surface area contributed by atoms with Gasteiger partial charge in [-0.1, -0.05) is 6.58 Å². The molecule has 1 N–H and O–H groups in total. The molecule has 0 aromatic heterocycles. The quantitative estimate of drug-likeness (QED) is 0.536. The number of nitrogens with one attached hydrogen (secondary N) is 1. The molecule has 5 heteroatoms. The van der Waals surface area contributed by atoms with Gasteiger partial charge in [-0.05, 0) is 19.5 Å². The fourth-order valence-corrected chi connectivity index (χ4v) is 1.74. The van der Waals surface area contributed by atoms with Gasteiger partial charge in [-0.3, -0.25) is 9.59 Å². The molecule has 96 valence electrons. The molecule has 1 rings (SSSR count). The number of hydrogen-bond acceptors (Lipinski definition) is 3. The van der Waals surface area contributed by atoms with Crippen LogP contribution in [-0.2, 0) is 9.59 Å². The van der Waals surface area contributed by atoms with E-state index < -0.39 is 0 Å². The van der Waals surface area contributed by atoms with Crippen molar-refractivity contribution in [2.75, 3.05) is 39.8 Å². The number of hydrogen-bond donors (Lipinski definition) is 1. The van der Waals surface area contributed by atoms with Gasteiger partial charge in [-0.15, -0.1) is 0 Å².